The van der Waals surface area contributed by atoms with E-state index in [0.29, 0.717) is 13.1 Å². The van der Waals surface area contributed by atoms with Crippen molar-refractivity contribution < 1.29 is 9.53 Å². The third kappa shape index (κ3) is 3.37. The predicted octanol–water partition coefficient (Wildman–Crippen LogP) is 3.88. The highest BCUT2D eigenvalue weighted by molar-refractivity contribution is 7.22. The number of ether oxygens (including phenoxy) is 1. The van der Waals surface area contributed by atoms with Crippen molar-refractivity contribution in [1.29, 1.82) is 0 Å². The molecule has 0 unspecified atom stereocenters. The van der Waals surface area contributed by atoms with Gasteiger partial charge in [0.2, 0.25) is 0 Å². The number of fused-ring (bicyclic) bond motifs is 1. The summed E-state index contributed by atoms with van der Waals surface area (Å²) in [4.78, 5) is 21.9. The van der Waals surface area contributed by atoms with Crippen LogP contribution in [0, 0.1) is 13.8 Å². The summed E-state index contributed by atoms with van der Waals surface area (Å²) in [7, 11) is 1.67. The zero-order valence-electron chi connectivity index (χ0n) is 15.9. The van der Waals surface area contributed by atoms with E-state index >= 15 is 0 Å². The number of amides is 1. The van der Waals surface area contributed by atoms with Crippen LogP contribution >= 0.6 is 11.3 Å². The molecular formula is C21H23N3O2S. The number of carbonyl (C=O) groups excluding carboxylic acids is 1. The molecule has 1 fully saturated rings. The summed E-state index contributed by atoms with van der Waals surface area (Å²) >= 11 is 1.68. The SMILES string of the molecule is COc1cccc2sc(N3CCN(C(=O)c4cc(C)ccc4C)CC3)nc12. The molecule has 0 N–H and O–H groups in total. The topological polar surface area (TPSA) is 45.7 Å². The van der Waals surface area contributed by atoms with E-state index in [0.717, 1.165) is 50.9 Å². The van der Waals surface area contributed by atoms with Gasteiger partial charge in [-0.1, -0.05) is 35.1 Å². The van der Waals surface area contributed by atoms with Crippen LogP contribution in [-0.4, -0.2) is 49.1 Å². The number of hydrogen-bond donors (Lipinski definition) is 0. The van der Waals surface area contributed by atoms with Gasteiger partial charge in [-0.2, -0.15) is 0 Å². The molecular weight excluding hydrogens is 358 g/mol. The van der Waals surface area contributed by atoms with Gasteiger partial charge in [-0.25, -0.2) is 4.98 Å². The molecule has 2 aromatic carbocycles. The first-order chi connectivity index (χ1) is 13.1. The van der Waals surface area contributed by atoms with Gasteiger partial charge in [0.25, 0.3) is 5.91 Å². The van der Waals surface area contributed by atoms with Crippen LogP contribution in [0.1, 0.15) is 21.5 Å². The highest BCUT2D eigenvalue weighted by Gasteiger charge is 2.25. The van der Waals surface area contributed by atoms with E-state index < -0.39 is 0 Å². The molecule has 0 spiro atoms. The van der Waals surface area contributed by atoms with Crippen LogP contribution in [0.4, 0.5) is 5.13 Å². The third-order valence-corrected chi connectivity index (χ3v) is 6.13. The lowest BCUT2D eigenvalue weighted by Crippen LogP contribution is -2.48. The molecule has 27 heavy (non-hydrogen) atoms. The summed E-state index contributed by atoms with van der Waals surface area (Å²) in [5, 5.41) is 0.994. The zero-order chi connectivity index (χ0) is 19.0. The van der Waals surface area contributed by atoms with Crippen LogP contribution in [0.25, 0.3) is 10.2 Å². The van der Waals surface area contributed by atoms with Crippen LogP contribution in [0.15, 0.2) is 36.4 Å². The standard InChI is InChI=1S/C21H23N3O2S/c1-14-7-8-15(2)16(13-14)20(25)23-9-11-24(12-10-23)21-22-19-17(26-3)5-4-6-18(19)27-21/h4-8,13H,9-12H2,1-3H3. The lowest BCUT2D eigenvalue weighted by Gasteiger charge is -2.34. The summed E-state index contributed by atoms with van der Waals surface area (Å²) in [5.74, 6) is 0.931. The van der Waals surface area contributed by atoms with Crippen LogP contribution in [0.5, 0.6) is 5.75 Å². The Labute approximate surface area is 163 Å². The van der Waals surface area contributed by atoms with Gasteiger partial charge in [0.1, 0.15) is 11.3 Å². The first kappa shape index (κ1) is 17.8. The molecule has 5 nitrogen and oxygen atoms in total. The van der Waals surface area contributed by atoms with E-state index in [1.807, 2.05) is 49.1 Å². The molecule has 1 aromatic heterocycles. The monoisotopic (exact) mass is 381 g/mol. The molecule has 1 aliphatic rings. The fraction of sp³-hybridized carbons (Fsp3) is 0.333. The maximum absolute atomic E-state index is 12.9. The molecule has 0 bridgehead atoms. The maximum Gasteiger partial charge on any atom is 0.254 e. The first-order valence-corrected chi connectivity index (χ1v) is 9.93. The van der Waals surface area contributed by atoms with Gasteiger partial charge in [0.15, 0.2) is 5.13 Å². The smallest absolute Gasteiger partial charge is 0.254 e. The first-order valence-electron chi connectivity index (χ1n) is 9.12. The second kappa shape index (κ2) is 7.19. The van der Waals surface area contributed by atoms with E-state index in [-0.39, 0.29) is 5.91 Å². The number of para-hydroxylation sites is 1. The van der Waals surface area contributed by atoms with Crippen LogP contribution in [0.3, 0.4) is 0 Å². The Morgan fingerprint density at radius 3 is 2.63 bits per heavy atom. The Morgan fingerprint density at radius 2 is 1.89 bits per heavy atom. The molecule has 1 amide bonds. The molecule has 3 aromatic rings. The molecule has 0 aliphatic carbocycles. The number of carbonyl (C=O) groups is 1. The van der Waals surface area contributed by atoms with Crippen molar-refractivity contribution >= 4 is 32.6 Å². The lowest BCUT2D eigenvalue weighted by atomic mass is 10.0. The van der Waals surface area contributed by atoms with Crippen LogP contribution in [0.2, 0.25) is 0 Å². The average Bonchev–Trinajstić information content (AvgIpc) is 3.14. The zero-order valence-corrected chi connectivity index (χ0v) is 16.7. The molecule has 0 saturated carbocycles. The Hall–Kier alpha value is -2.60. The van der Waals surface area contributed by atoms with E-state index in [9.17, 15) is 4.79 Å². The van der Waals surface area contributed by atoms with Crippen molar-refractivity contribution in [3.05, 3.63) is 53.1 Å². The minimum atomic E-state index is 0.127. The number of aryl methyl sites for hydroxylation is 2. The molecule has 0 radical (unpaired) electrons. The Morgan fingerprint density at radius 1 is 1.11 bits per heavy atom. The van der Waals surface area contributed by atoms with Crippen molar-refractivity contribution in [1.82, 2.24) is 9.88 Å². The van der Waals surface area contributed by atoms with Gasteiger partial charge >= 0.3 is 0 Å². The molecule has 4 rings (SSSR count). The van der Waals surface area contributed by atoms with E-state index in [4.69, 9.17) is 9.72 Å². The number of hydrogen-bond acceptors (Lipinski definition) is 5. The number of anilines is 1. The molecule has 140 valence electrons. The number of benzene rings is 2. The van der Waals surface area contributed by atoms with Crippen molar-refractivity contribution in [2.24, 2.45) is 0 Å². The molecule has 1 aliphatic heterocycles. The van der Waals surface area contributed by atoms with Crippen molar-refractivity contribution in [2.45, 2.75) is 13.8 Å². The van der Waals surface area contributed by atoms with Crippen molar-refractivity contribution in [2.75, 3.05) is 38.2 Å². The van der Waals surface area contributed by atoms with E-state index in [1.54, 1.807) is 18.4 Å². The number of methoxy groups -OCH3 is 1. The third-order valence-electron chi connectivity index (χ3n) is 5.05. The normalized spacial score (nSPS) is 14.6. The quantitative estimate of drug-likeness (QED) is 0.691. The summed E-state index contributed by atoms with van der Waals surface area (Å²) in [5.41, 5.74) is 3.87. The maximum atomic E-state index is 12.9. The second-order valence-corrected chi connectivity index (χ2v) is 7.91. The fourth-order valence-electron chi connectivity index (χ4n) is 3.45. The van der Waals surface area contributed by atoms with Gasteiger partial charge in [-0.3, -0.25) is 4.79 Å². The van der Waals surface area contributed by atoms with Crippen LogP contribution in [-0.2, 0) is 0 Å². The Kier molecular flexibility index (Phi) is 4.74. The number of thiazole rings is 1. The van der Waals surface area contributed by atoms with Gasteiger partial charge < -0.3 is 14.5 Å². The summed E-state index contributed by atoms with van der Waals surface area (Å²) < 4.78 is 6.54. The van der Waals surface area contributed by atoms with Gasteiger partial charge in [0.05, 0.1) is 11.8 Å². The molecule has 2 heterocycles. The van der Waals surface area contributed by atoms with Gasteiger partial charge in [-0.05, 0) is 37.6 Å². The largest absolute Gasteiger partial charge is 0.494 e. The lowest BCUT2D eigenvalue weighted by molar-refractivity contribution is 0.0746. The number of nitrogens with zero attached hydrogens (tertiary/aromatic N) is 3. The Balaban J connectivity index is 1.49. The van der Waals surface area contributed by atoms with Crippen LogP contribution < -0.4 is 9.64 Å². The average molecular weight is 382 g/mol. The van der Waals surface area contributed by atoms with E-state index in [2.05, 4.69) is 11.0 Å². The number of rotatable bonds is 3. The highest BCUT2D eigenvalue weighted by atomic mass is 32.1. The molecule has 1 saturated heterocycles. The fourth-order valence-corrected chi connectivity index (χ4v) is 4.48. The second-order valence-electron chi connectivity index (χ2n) is 6.90. The van der Waals surface area contributed by atoms with Crippen molar-refractivity contribution in [3.8, 4) is 5.75 Å². The van der Waals surface area contributed by atoms with Gasteiger partial charge in [0, 0.05) is 31.7 Å². The number of aromatic nitrogens is 1. The molecule has 0 atom stereocenters. The predicted molar refractivity (Wildman–Crippen MR) is 110 cm³/mol. The summed E-state index contributed by atoms with van der Waals surface area (Å²) in [6, 6.07) is 12.1. The van der Waals surface area contributed by atoms with E-state index in [1.165, 1.54) is 0 Å². The highest BCUT2D eigenvalue weighted by Crippen LogP contribution is 2.34. The Bertz CT molecular complexity index is 990. The minimum absolute atomic E-state index is 0.127. The van der Waals surface area contributed by atoms with Crippen molar-refractivity contribution in [3.63, 3.8) is 0 Å². The minimum Gasteiger partial charge on any atom is -0.494 e. The molecule has 6 heteroatoms. The van der Waals surface area contributed by atoms with Gasteiger partial charge in [-0.15, -0.1) is 0 Å². The summed E-state index contributed by atoms with van der Waals surface area (Å²) in [6.07, 6.45) is 0. The summed E-state index contributed by atoms with van der Waals surface area (Å²) in [6.45, 7) is 7.02. The number of piperazine rings is 1.